The Morgan fingerprint density at radius 2 is 1.84 bits per heavy atom. The molecule has 2 aromatic carbocycles. The number of nitrogens with zero attached hydrogens (tertiary/aromatic N) is 3. The molecule has 4 heterocycles. The summed E-state index contributed by atoms with van der Waals surface area (Å²) in [5.74, 6) is -0.413. The van der Waals surface area contributed by atoms with Crippen molar-refractivity contribution in [3.8, 4) is 28.3 Å². The maximum atomic E-state index is 14.8. The van der Waals surface area contributed by atoms with Gasteiger partial charge < -0.3 is 19.3 Å². The Bertz CT molecular complexity index is 1940. The highest BCUT2D eigenvalue weighted by Gasteiger charge is 2.32. The van der Waals surface area contributed by atoms with Crippen molar-refractivity contribution in [2.75, 3.05) is 13.7 Å². The first-order valence-electron chi connectivity index (χ1n) is 15.8. The molecular weight excluding hydrogens is 589 g/mol. The summed E-state index contributed by atoms with van der Waals surface area (Å²) >= 11 is 1.32. The van der Waals surface area contributed by atoms with Gasteiger partial charge >= 0.3 is 5.97 Å². The van der Waals surface area contributed by atoms with Gasteiger partial charge in [-0.1, -0.05) is 31.4 Å². The molecule has 232 valence electrons. The van der Waals surface area contributed by atoms with E-state index in [1.807, 2.05) is 29.2 Å². The van der Waals surface area contributed by atoms with Crippen LogP contribution in [0.5, 0.6) is 5.75 Å². The predicted molar refractivity (Wildman–Crippen MR) is 176 cm³/mol. The van der Waals surface area contributed by atoms with E-state index in [1.165, 1.54) is 23.8 Å². The number of halogens is 1. The van der Waals surface area contributed by atoms with Crippen LogP contribution < -0.4 is 4.74 Å². The van der Waals surface area contributed by atoms with Crippen LogP contribution in [0.15, 0.2) is 54.6 Å². The lowest BCUT2D eigenvalue weighted by Crippen LogP contribution is -2.36. The summed E-state index contributed by atoms with van der Waals surface area (Å²) in [4.78, 5) is 32.9. The van der Waals surface area contributed by atoms with E-state index in [2.05, 4.69) is 17.6 Å². The van der Waals surface area contributed by atoms with Gasteiger partial charge in [-0.3, -0.25) is 4.79 Å². The van der Waals surface area contributed by atoms with Gasteiger partial charge in [-0.25, -0.2) is 14.2 Å². The van der Waals surface area contributed by atoms with Gasteiger partial charge in [-0.2, -0.15) is 0 Å². The highest BCUT2D eigenvalue weighted by molar-refractivity contribution is 7.21. The van der Waals surface area contributed by atoms with Crippen LogP contribution in [0.4, 0.5) is 4.39 Å². The van der Waals surface area contributed by atoms with Gasteiger partial charge in [0.25, 0.3) is 0 Å². The van der Waals surface area contributed by atoms with Gasteiger partial charge in [0.2, 0.25) is 5.91 Å². The van der Waals surface area contributed by atoms with Gasteiger partial charge in [-0.05, 0) is 92.1 Å². The molecule has 2 aliphatic rings. The molecule has 9 heteroatoms. The van der Waals surface area contributed by atoms with Crippen LogP contribution in [0.3, 0.4) is 0 Å². The number of pyridine rings is 1. The Kier molecular flexibility index (Phi) is 7.81. The fourth-order valence-electron chi connectivity index (χ4n) is 7.28. The Balaban J connectivity index is 1.39. The van der Waals surface area contributed by atoms with E-state index in [0.29, 0.717) is 21.9 Å². The number of carboxylic acids is 1. The minimum absolute atomic E-state index is 0.0591. The van der Waals surface area contributed by atoms with Crippen molar-refractivity contribution >= 4 is 44.3 Å². The van der Waals surface area contributed by atoms with Gasteiger partial charge in [0.1, 0.15) is 23.0 Å². The smallest absolute Gasteiger partial charge is 0.345 e. The van der Waals surface area contributed by atoms with Crippen molar-refractivity contribution in [1.82, 2.24) is 14.5 Å². The number of carbonyl (C=O) groups is 2. The van der Waals surface area contributed by atoms with Crippen LogP contribution in [-0.4, -0.2) is 51.1 Å². The van der Waals surface area contributed by atoms with Crippen LogP contribution in [0.25, 0.3) is 43.6 Å². The van der Waals surface area contributed by atoms with E-state index in [4.69, 9.17) is 9.72 Å². The molecule has 1 saturated carbocycles. The van der Waals surface area contributed by atoms with E-state index >= 15 is 0 Å². The lowest BCUT2D eigenvalue weighted by atomic mass is 9.83. The molecule has 0 bridgehead atoms. The second-order valence-electron chi connectivity index (χ2n) is 12.3. The zero-order valence-electron chi connectivity index (χ0n) is 25.5. The van der Waals surface area contributed by atoms with Crippen LogP contribution in [0.2, 0.25) is 0 Å². The summed E-state index contributed by atoms with van der Waals surface area (Å²) in [6.07, 6.45) is 7.52. The van der Waals surface area contributed by atoms with Crippen LogP contribution in [-0.2, 0) is 11.3 Å². The molecule has 1 saturated heterocycles. The monoisotopic (exact) mass is 625 g/mol. The second-order valence-corrected chi connectivity index (χ2v) is 13.4. The number of carboxylic acid groups (broad SMARTS) is 1. The number of hydrogen-bond acceptors (Lipinski definition) is 5. The number of amides is 1. The summed E-state index contributed by atoms with van der Waals surface area (Å²) in [6, 6.07) is 16.4. The highest BCUT2D eigenvalue weighted by atomic mass is 32.1. The average Bonchev–Trinajstić information content (AvgIpc) is 3.76. The summed E-state index contributed by atoms with van der Waals surface area (Å²) in [7, 11) is 1.55. The molecular formula is C36H36FN3O4S. The lowest BCUT2D eigenvalue weighted by molar-refractivity contribution is -0.132. The molecule has 1 unspecified atom stereocenters. The summed E-state index contributed by atoms with van der Waals surface area (Å²) in [5, 5.41) is 10.8. The van der Waals surface area contributed by atoms with Gasteiger partial charge in [0.05, 0.1) is 34.2 Å². The predicted octanol–water partition coefficient (Wildman–Crippen LogP) is 8.49. The number of hydrogen-bond donors (Lipinski definition) is 1. The SMILES string of the molecule is COc1ccc(F)c(-c2ccc3cc(-c4c(C5CCCCC5)c5sc(C(=O)O)cc5n4CC(=O)N4CCCC4C)ccc3n2)c1. The molecule has 45 heavy (non-hydrogen) atoms. The van der Waals surface area contributed by atoms with E-state index in [1.54, 1.807) is 25.3 Å². The standard InChI is InChI=1S/C36H36FN3O4S/c1-21-7-6-16-39(21)32(41)20-40-30-19-31(36(42)43)45-35(30)33(22-8-4-3-5-9-22)34(40)24-11-14-28-23(17-24)10-15-29(38-28)26-18-25(44-2)12-13-27(26)37/h10-15,17-19,21-22H,3-9,16,20H2,1-2H3,(H,42,43). The summed E-state index contributed by atoms with van der Waals surface area (Å²) in [5.41, 5.74) is 5.55. The topological polar surface area (TPSA) is 84.7 Å². The van der Waals surface area contributed by atoms with Crippen LogP contribution >= 0.6 is 11.3 Å². The van der Waals surface area contributed by atoms with E-state index in [-0.39, 0.29) is 30.2 Å². The number of rotatable bonds is 7. The zero-order valence-corrected chi connectivity index (χ0v) is 26.3. The van der Waals surface area contributed by atoms with E-state index < -0.39 is 5.97 Å². The first-order valence-corrected chi connectivity index (χ1v) is 16.6. The van der Waals surface area contributed by atoms with Crippen LogP contribution in [0, 0.1) is 5.82 Å². The number of methoxy groups -OCH3 is 1. The number of thiophene rings is 1. The molecule has 5 aromatic rings. The quantitative estimate of drug-likeness (QED) is 0.196. The fraction of sp³-hybridized carbons (Fsp3) is 0.361. The number of benzene rings is 2. The third kappa shape index (κ3) is 5.37. The van der Waals surface area contributed by atoms with Crippen LogP contribution in [0.1, 0.15) is 73.0 Å². The average molecular weight is 626 g/mol. The number of fused-ring (bicyclic) bond motifs is 2. The molecule has 7 rings (SSSR count). The molecule has 1 amide bonds. The summed E-state index contributed by atoms with van der Waals surface area (Å²) < 4.78 is 23.1. The molecule has 0 radical (unpaired) electrons. The van der Waals surface area contributed by atoms with Crippen molar-refractivity contribution in [3.05, 3.63) is 70.9 Å². The molecule has 1 atom stereocenters. The first kappa shape index (κ1) is 29.5. The number of aromatic nitrogens is 2. The van der Waals surface area contributed by atoms with Gasteiger partial charge in [0, 0.05) is 23.5 Å². The molecule has 3 aromatic heterocycles. The normalized spacial score (nSPS) is 17.4. The Hall–Kier alpha value is -4.24. The maximum absolute atomic E-state index is 14.8. The fourth-order valence-corrected chi connectivity index (χ4v) is 8.40. The Morgan fingerprint density at radius 3 is 2.58 bits per heavy atom. The van der Waals surface area contributed by atoms with Gasteiger partial charge in [0.15, 0.2) is 0 Å². The summed E-state index contributed by atoms with van der Waals surface area (Å²) in [6.45, 7) is 3.00. The number of likely N-dealkylation sites (tertiary alicyclic amines) is 1. The second kappa shape index (κ2) is 11.9. The molecule has 0 spiro atoms. The van der Waals surface area contributed by atoms with Crippen molar-refractivity contribution in [2.24, 2.45) is 0 Å². The highest BCUT2D eigenvalue weighted by Crippen LogP contribution is 2.47. The lowest BCUT2D eigenvalue weighted by Gasteiger charge is -2.25. The molecule has 1 N–H and O–H groups in total. The van der Waals surface area contributed by atoms with E-state index in [0.717, 1.165) is 83.0 Å². The third-order valence-corrected chi connectivity index (χ3v) is 10.7. The van der Waals surface area contributed by atoms with Crippen molar-refractivity contribution in [3.63, 3.8) is 0 Å². The Morgan fingerprint density at radius 1 is 1.02 bits per heavy atom. The van der Waals surface area contributed by atoms with E-state index in [9.17, 15) is 19.1 Å². The molecule has 1 aliphatic carbocycles. The number of carbonyl (C=O) groups excluding carboxylic acids is 1. The largest absolute Gasteiger partial charge is 0.497 e. The minimum Gasteiger partial charge on any atom is -0.497 e. The molecule has 1 aliphatic heterocycles. The molecule has 7 nitrogen and oxygen atoms in total. The Labute approximate surface area is 265 Å². The third-order valence-electron chi connectivity index (χ3n) is 9.58. The molecule has 2 fully saturated rings. The number of aromatic carboxylic acids is 1. The minimum atomic E-state index is -0.946. The van der Waals surface area contributed by atoms with Crippen molar-refractivity contribution in [1.29, 1.82) is 0 Å². The van der Waals surface area contributed by atoms with Gasteiger partial charge in [-0.15, -0.1) is 11.3 Å². The van der Waals surface area contributed by atoms with Crippen molar-refractivity contribution in [2.45, 2.75) is 70.4 Å². The van der Waals surface area contributed by atoms with Crippen molar-refractivity contribution < 1.29 is 23.8 Å². The number of ether oxygens (including phenoxy) is 1. The maximum Gasteiger partial charge on any atom is 0.345 e. The first-order chi connectivity index (χ1) is 21.8. The zero-order chi connectivity index (χ0) is 31.2.